The van der Waals surface area contributed by atoms with E-state index in [0.717, 1.165) is 11.0 Å². The zero-order valence-electron chi connectivity index (χ0n) is 11.8. The van der Waals surface area contributed by atoms with Crippen LogP contribution in [-0.4, -0.2) is 22.7 Å². The van der Waals surface area contributed by atoms with Gasteiger partial charge in [-0.25, -0.2) is 8.78 Å². The first-order valence-electron chi connectivity index (χ1n) is 7.27. The Hall–Kier alpha value is -0.880. The molecule has 0 aromatic heterocycles. The third-order valence-corrected chi connectivity index (χ3v) is 5.12. The molecule has 1 fully saturated rings. The van der Waals surface area contributed by atoms with E-state index in [1.807, 2.05) is 11.8 Å². The van der Waals surface area contributed by atoms with Crippen molar-refractivity contribution in [2.24, 2.45) is 0 Å². The van der Waals surface area contributed by atoms with Gasteiger partial charge < -0.3 is 10.6 Å². The fraction of sp³-hybridized carbons (Fsp3) is 0.533. The Bertz CT molecular complexity index is 456. The topological polar surface area (TPSA) is 24.1 Å². The van der Waals surface area contributed by atoms with Crippen molar-refractivity contribution in [3.05, 3.63) is 29.8 Å². The van der Waals surface area contributed by atoms with E-state index < -0.39 is 11.6 Å². The second-order valence-electron chi connectivity index (χ2n) is 5.11. The Morgan fingerprint density at radius 3 is 2.52 bits per heavy atom. The summed E-state index contributed by atoms with van der Waals surface area (Å²) in [6, 6.07) is 3.73. The van der Waals surface area contributed by atoms with Crippen LogP contribution in [0.2, 0.25) is 0 Å². The van der Waals surface area contributed by atoms with Crippen LogP contribution < -0.4 is 10.6 Å². The Morgan fingerprint density at radius 2 is 1.86 bits per heavy atom. The average molecular weight is 330 g/mol. The van der Waals surface area contributed by atoms with Crippen LogP contribution in [0.5, 0.6) is 0 Å². The molecule has 1 saturated carbocycles. The highest BCUT2D eigenvalue weighted by Gasteiger charge is 2.13. The molecule has 1 aliphatic carbocycles. The molecule has 0 amide bonds. The number of benzene rings is 1. The van der Waals surface area contributed by atoms with Crippen molar-refractivity contribution < 1.29 is 8.78 Å². The molecule has 0 aliphatic heterocycles. The molecule has 0 radical (unpaired) electrons. The van der Waals surface area contributed by atoms with Crippen molar-refractivity contribution in [1.29, 1.82) is 0 Å². The maximum atomic E-state index is 13.4. The molecule has 0 unspecified atom stereocenters. The third kappa shape index (κ3) is 5.43. The highest BCUT2D eigenvalue weighted by Crippen LogP contribution is 2.27. The third-order valence-electron chi connectivity index (χ3n) is 3.49. The van der Waals surface area contributed by atoms with E-state index in [2.05, 4.69) is 10.6 Å². The van der Waals surface area contributed by atoms with Gasteiger partial charge in [0.1, 0.15) is 17.3 Å². The van der Waals surface area contributed by atoms with E-state index in [9.17, 15) is 8.78 Å². The lowest BCUT2D eigenvalue weighted by atomic mass is 10.0. The SMILES string of the molecule is Fc1cccc(F)c1NC(=S)NCCSC1CCCCC1. The van der Waals surface area contributed by atoms with Crippen LogP contribution in [0, 0.1) is 11.6 Å². The van der Waals surface area contributed by atoms with Crippen LogP contribution in [0.4, 0.5) is 14.5 Å². The van der Waals surface area contributed by atoms with Gasteiger partial charge in [0.15, 0.2) is 5.11 Å². The van der Waals surface area contributed by atoms with Crippen molar-refractivity contribution in [1.82, 2.24) is 5.32 Å². The van der Waals surface area contributed by atoms with Gasteiger partial charge in [-0.05, 0) is 37.2 Å². The number of rotatable bonds is 5. The summed E-state index contributed by atoms with van der Waals surface area (Å²) >= 11 is 7.01. The lowest BCUT2D eigenvalue weighted by Crippen LogP contribution is -2.31. The van der Waals surface area contributed by atoms with E-state index in [0.29, 0.717) is 6.54 Å². The summed E-state index contributed by atoms with van der Waals surface area (Å²) in [5.74, 6) is -0.335. The Morgan fingerprint density at radius 1 is 1.19 bits per heavy atom. The van der Waals surface area contributed by atoms with Crippen molar-refractivity contribution >= 4 is 34.8 Å². The number of hydrogen-bond donors (Lipinski definition) is 2. The van der Waals surface area contributed by atoms with Gasteiger partial charge in [-0.2, -0.15) is 11.8 Å². The number of hydrogen-bond acceptors (Lipinski definition) is 2. The summed E-state index contributed by atoms with van der Waals surface area (Å²) in [7, 11) is 0. The number of halogens is 2. The first-order chi connectivity index (χ1) is 10.2. The molecule has 0 atom stereocenters. The standard InChI is InChI=1S/C15H20F2N2S2/c16-12-7-4-8-13(17)14(12)19-15(20)18-9-10-21-11-5-2-1-3-6-11/h4,7-8,11H,1-3,5-6,9-10H2,(H2,18,19,20). The van der Waals surface area contributed by atoms with E-state index in [1.165, 1.54) is 50.3 Å². The maximum absolute atomic E-state index is 13.4. The minimum Gasteiger partial charge on any atom is -0.362 e. The summed E-state index contributed by atoms with van der Waals surface area (Å²) in [6.07, 6.45) is 6.62. The number of para-hydroxylation sites is 1. The minimum atomic E-state index is -0.643. The van der Waals surface area contributed by atoms with Crippen molar-refractivity contribution in [3.63, 3.8) is 0 Å². The molecular weight excluding hydrogens is 310 g/mol. The largest absolute Gasteiger partial charge is 0.362 e. The van der Waals surface area contributed by atoms with Crippen molar-refractivity contribution in [2.75, 3.05) is 17.6 Å². The van der Waals surface area contributed by atoms with Crippen LogP contribution in [0.15, 0.2) is 18.2 Å². The molecule has 21 heavy (non-hydrogen) atoms. The highest BCUT2D eigenvalue weighted by molar-refractivity contribution is 7.99. The fourth-order valence-corrected chi connectivity index (χ4v) is 3.82. The number of nitrogens with one attached hydrogen (secondary N) is 2. The van der Waals surface area contributed by atoms with Crippen LogP contribution >= 0.6 is 24.0 Å². The van der Waals surface area contributed by atoms with E-state index in [4.69, 9.17) is 12.2 Å². The molecule has 2 N–H and O–H groups in total. The lowest BCUT2D eigenvalue weighted by Gasteiger charge is -2.21. The van der Waals surface area contributed by atoms with Gasteiger partial charge >= 0.3 is 0 Å². The van der Waals surface area contributed by atoms with Gasteiger partial charge in [0.2, 0.25) is 0 Å². The Balaban J connectivity index is 1.67. The predicted octanol–water partition coefficient (Wildman–Crippen LogP) is 4.32. The van der Waals surface area contributed by atoms with Crippen molar-refractivity contribution in [3.8, 4) is 0 Å². The average Bonchev–Trinajstić information content (AvgIpc) is 2.49. The second-order valence-corrected chi connectivity index (χ2v) is 6.92. The quantitative estimate of drug-likeness (QED) is 0.620. The molecule has 0 saturated heterocycles. The number of thioether (sulfide) groups is 1. The lowest BCUT2D eigenvalue weighted by molar-refractivity contribution is 0.516. The van der Waals surface area contributed by atoms with Crippen LogP contribution in [0.1, 0.15) is 32.1 Å². The zero-order chi connectivity index (χ0) is 15.1. The van der Waals surface area contributed by atoms with Gasteiger partial charge in [-0.15, -0.1) is 0 Å². The summed E-state index contributed by atoms with van der Waals surface area (Å²) in [5.41, 5.74) is -0.199. The first-order valence-corrected chi connectivity index (χ1v) is 8.73. The summed E-state index contributed by atoms with van der Waals surface area (Å²) in [4.78, 5) is 0. The molecule has 6 heteroatoms. The van der Waals surface area contributed by atoms with Gasteiger partial charge in [-0.1, -0.05) is 25.3 Å². The van der Waals surface area contributed by atoms with Crippen LogP contribution in [0.25, 0.3) is 0 Å². The predicted molar refractivity (Wildman–Crippen MR) is 89.9 cm³/mol. The second kappa shape index (κ2) is 8.54. The molecule has 2 nitrogen and oxygen atoms in total. The monoisotopic (exact) mass is 330 g/mol. The molecule has 116 valence electrons. The molecule has 2 rings (SSSR count). The molecular formula is C15H20F2N2S2. The summed E-state index contributed by atoms with van der Waals surface area (Å²) in [6.45, 7) is 0.697. The number of anilines is 1. The molecule has 0 heterocycles. The van der Waals surface area contributed by atoms with E-state index in [-0.39, 0.29) is 10.8 Å². The smallest absolute Gasteiger partial charge is 0.170 e. The molecule has 1 aliphatic rings. The molecule has 1 aromatic carbocycles. The highest BCUT2D eigenvalue weighted by atomic mass is 32.2. The molecule has 0 bridgehead atoms. The van der Waals surface area contributed by atoms with E-state index in [1.54, 1.807) is 0 Å². The Kier molecular flexibility index (Phi) is 6.70. The molecule has 0 spiro atoms. The normalized spacial score (nSPS) is 15.7. The molecule has 1 aromatic rings. The van der Waals surface area contributed by atoms with Crippen molar-refractivity contribution in [2.45, 2.75) is 37.4 Å². The van der Waals surface area contributed by atoms with Crippen LogP contribution in [0.3, 0.4) is 0 Å². The summed E-state index contributed by atoms with van der Waals surface area (Å²) in [5, 5.41) is 6.58. The van der Waals surface area contributed by atoms with Gasteiger partial charge in [0.05, 0.1) is 0 Å². The number of thiocarbonyl (C=S) groups is 1. The van der Waals surface area contributed by atoms with Crippen LogP contribution in [-0.2, 0) is 0 Å². The zero-order valence-corrected chi connectivity index (χ0v) is 13.5. The first kappa shape index (κ1) is 16.5. The Labute approximate surface area is 134 Å². The fourth-order valence-electron chi connectivity index (χ4n) is 2.40. The van der Waals surface area contributed by atoms with Gasteiger partial charge in [0, 0.05) is 17.5 Å². The minimum absolute atomic E-state index is 0.199. The summed E-state index contributed by atoms with van der Waals surface area (Å²) < 4.78 is 26.9. The van der Waals surface area contributed by atoms with Gasteiger partial charge in [-0.3, -0.25) is 0 Å². The van der Waals surface area contributed by atoms with E-state index >= 15 is 0 Å². The van der Waals surface area contributed by atoms with Gasteiger partial charge in [0.25, 0.3) is 0 Å². The maximum Gasteiger partial charge on any atom is 0.170 e.